The van der Waals surface area contributed by atoms with Crippen molar-refractivity contribution >= 4 is 50.3 Å². The number of amides is 2. The van der Waals surface area contributed by atoms with E-state index in [0.717, 1.165) is 13.6 Å². The highest BCUT2D eigenvalue weighted by molar-refractivity contribution is 14.1. The Morgan fingerprint density at radius 1 is 1.22 bits per heavy atom. The van der Waals surface area contributed by atoms with Crippen molar-refractivity contribution in [2.45, 2.75) is 26.4 Å². The Morgan fingerprint density at radius 2 is 1.93 bits per heavy atom. The number of halogens is 2. The standard InChI is InChI=1S/C20H22BrIN2O3/c1-3-23-20(26)14(2)24(12-15-5-4-6-16(21)11-15)19(25)13-27-18-9-7-17(22)8-10-18/h4-11,14H,3,12-13H2,1-2H3,(H,23,26)/t14-/m0/s1. The van der Waals surface area contributed by atoms with Gasteiger partial charge in [-0.25, -0.2) is 0 Å². The predicted octanol–water partition coefficient (Wildman–Crippen LogP) is 3.99. The van der Waals surface area contributed by atoms with E-state index in [1.54, 1.807) is 11.8 Å². The van der Waals surface area contributed by atoms with Gasteiger partial charge in [-0.2, -0.15) is 0 Å². The van der Waals surface area contributed by atoms with Crippen LogP contribution in [0, 0.1) is 3.57 Å². The van der Waals surface area contributed by atoms with Gasteiger partial charge in [-0.05, 0) is 78.4 Å². The number of ether oxygens (including phenoxy) is 1. The monoisotopic (exact) mass is 544 g/mol. The molecule has 1 N–H and O–H groups in total. The zero-order valence-electron chi connectivity index (χ0n) is 15.2. The first-order valence-electron chi connectivity index (χ1n) is 8.60. The number of nitrogens with one attached hydrogen (secondary N) is 1. The maximum Gasteiger partial charge on any atom is 0.261 e. The molecule has 2 aromatic carbocycles. The molecule has 0 saturated carbocycles. The SMILES string of the molecule is CCNC(=O)[C@H](C)N(Cc1cccc(Br)c1)C(=O)COc1ccc(I)cc1. The van der Waals surface area contributed by atoms with Crippen molar-refractivity contribution in [3.05, 3.63) is 62.1 Å². The van der Waals surface area contributed by atoms with Crippen LogP contribution in [0.15, 0.2) is 53.0 Å². The Balaban J connectivity index is 2.12. The van der Waals surface area contributed by atoms with E-state index in [1.807, 2.05) is 55.5 Å². The second-order valence-electron chi connectivity index (χ2n) is 5.96. The maximum absolute atomic E-state index is 12.8. The summed E-state index contributed by atoms with van der Waals surface area (Å²) in [5.41, 5.74) is 0.933. The highest BCUT2D eigenvalue weighted by atomic mass is 127. The molecule has 0 aliphatic rings. The predicted molar refractivity (Wildman–Crippen MR) is 117 cm³/mol. The normalized spacial score (nSPS) is 11.6. The van der Waals surface area contributed by atoms with E-state index < -0.39 is 6.04 Å². The van der Waals surface area contributed by atoms with Gasteiger partial charge < -0.3 is 15.0 Å². The summed E-state index contributed by atoms with van der Waals surface area (Å²) in [5.74, 6) is 0.194. The number of hydrogen-bond acceptors (Lipinski definition) is 3. The Morgan fingerprint density at radius 3 is 2.56 bits per heavy atom. The van der Waals surface area contributed by atoms with E-state index in [-0.39, 0.29) is 18.4 Å². The molecule has 2 aromatic rings. The zero-order valence-corrected chi connectivity index (χ0v) is 19.0. The highest BCUT2D eigenvalue weighted by Crippen LogP contribution is 2.17. The second kappa shape index (κ2) is 10.7. The van der Waals surface area contributed by atoms with Crippen molar-refractivity contribution in [1.29, 1.82) is 0 Å². The lowest BCUT2D eigenvalue weighted by molar-refractivity contribution is -0.142. The van der Waals surface area contributed by atoms with Gasteiger partial charge in [-0.3, -0.25) is 9.59 Å². The van der Waals surface area contributed by atoms with Crippen LogP contribution in [0.2, 0.25) is 0 Å². The van der Waals surface area contributed by atoms with Gasteiger partial charge in [-0.1, -0.05) is 28.1 Å². The van der Waals surface area contributed by atoms with Crippen molar-refractivity contribution in [2.24, 2.45) is 0 Å². The molecule has 0 unspecified atom stereocenters. The van der Waals surface area contributed by atoms with Gasteiger partial charge >= 0.3 is 0 Å². The maximum atomic E-state index is 12.8. The Labute approximate surface area is 181 Å². The summed E-state index contributed by atoms with van der Waals surface area (Å²) >= 11 is 5.65. The third-order valence-electron chi connectivity index (χ3n) is 3.94. The van der Waals surface area contributed by atoms with Crippen LogP contribution in [-0.2, 0) is 16.1 Å². The Bertz CT molecular complexity index is 783. The number of hydrogen-bond donors (Lipinski definition) is 1. The molecule has 1 atom stereocenters. The fourth-order valence-electron chi connectivity index (χ4n) is 2.50. The first-order valence-corrected chi connectivity index (χ1v) is 10.5. The summed E-state index contributed by atoms with van der Waals surface area (Å²) in [6, 6.07) is 14.6. The lowest BCUT2D eigenvalue weighted by Gasteiger charge is -2.28. The van der Waals surface area contributed by atoms with Crippen LogP contribution in [0.1, 0.15) is 19.4 Å². The molecule has 0 bridgehead atoms. The summed E-state index contributed by atoms with van der Waals surface area (Å²) in [5, 5.41) is 2.77. The largest absolute Gasteiger partial charge is 0.484 e. The second-order valence-corrected chi connectivity index (χ2v) is 8.13. The molecule has 0 saturated heterocycles. The average Bonchev–Trinajstić information content (AvgIpc) is 2.65. The molecular formula is C20H22BrIN2O3. The van der Waals surface area contributed by atoms with E-state index >= 15 is 0 Å². The molecule has 0 radical (unpaired) electrons. The molecule has 27 heavy (non-hydrogen) atoms. The molecule has 0 aromatic heterocycles. The molecule has 5 nitrogen and oxygen atoms in total. The number of likely N-dealkylation sites (N-methyl/N-ethyl adjacent to an activating group) is 1. The van der Waals surface area contributed by atoms with Crippen molar-refractivity contribution in [3.63, 3.8) is 0 Å². The van der Waals surface area contributed by atoms with Crippen LogP contribution in [-0.4, -0.2) is 35.9 Å². The van der Waals surface area contributed by atoms with E-state index in [0.29, 0.717) is 18.8 Å². The van der Waals surface area contributed by atoms with Crippen LogP contribution >= 0.6 is 38.5 Å². The minimum Gasteiger partial charge on any atom is -0.484 e. The van der Waals surface area contributed by atoms with Crippen LogP contribution in [0.5, 0.6) is 5.75 Å². The van der Waals surface area contributed by atoms with E-state index in [9.17, 15) is 9.59 Å². The van der Waals surface area contributed by atoms with E-state index in [1.165, 1.54) is 0 Å². The lowest BCUT2D eigenvalue weighted by atomic mass is 10.1. The Kier molecular flexibility index (Phi) is 8.56. The molecule has 0 spiro atoms. The summed E-state index contributed by atoms with van der Waals surface area (Å²) in [4.78, 5) is 26.7. The van der Waals surface area contributed by atoms with Crippen LogP contribution < -0.4 is 10.1 Å². The van der Waals surface area contributed by atoms with Gasteiger partial charge in [0.1, 0.15) is 11.8 Å². The van der Waals surface area contributed by atoms with Crippen LogP contribution in [0.3, 0.4) is 0 Å². The van der Waals surface area contributed by atoms with Crippen molar-refractivity contribution in [1.82, 2.24) is 10.2 Å². The molecule has 0 aliphatic carbocycles. The topological polar surface area (TPSA) is 58.6 Å². The van der Waals surface area contributed by atoms with Crippen molar-refractivity contribution in [3.8, 4) is 5.75 Å². The van der Waals surface area contributed by atoms with Crippen LogP contribution in [0.4, 0.5) is 0 Å². The molecule has 0 aliphatic heterocycles. The summed E-state index contributed by atoms with van der Waals surface area (Å²) in [6.07, 6.45) is 0. The van der Waals surface area contributed by atoms with Gasteiger partial charge in [0.15, 0.2) is 6.61 Å². The van der Waals surface area contributed by atoms with Gasteiger partial charge in [0.05, 0.1) is 0 Å². The summed E-state index contributed by atoms with van der Waals surface area (Å²) in [7, 11) is 0. The third kappa shape index (κ3) is 6.80. The summed E-state index contributed by atoms with van der Waals surface area (Å²) < 4.78 is 7.63. The smallest absolute Gasteiger partial charge is 0.261 e. The number of carbonyl (C=O) groups is 2. The average molecular weight is 545 g/mol. The van der Waals surface area contributed by atoms with Crippen LogP contribution in [0.25, 0.3) is 0 Å². The number of carbonyl (C=O) groups excluding carboxylic acids is 2. The molecule has 2 amide bonds. The van der Waals surface area contributed by atoms with Gasteiger partial charge in [-0.15, -0.1) is 0 Å². The molecule has 2 rings (SSSR count). The Hall–Kier alpha value is -1.61. The molecule has 144 valence electrons. The fourth-order valence-corrected chi connectivity index (χ4v) is 3.30. The third-order valence-corrected chi connectivity index (χ3v) is 5.15. The highest BCUT2D eigenvalue weighted by Gasteiger charge is 2.26. The fraction of sp³-hybridized carbons (Fsp3) is 0.300. The number of nitrogens with zero attached hydrogens (tertiary/aromatic N) is 1. The first kappa shape index (κ1) is 21.7. The van der Waals surface area contributed by atoms with Gasteiger partial charge in [0, 0.05) is 21.1 Å². The minimum absolute atomic E-state index is 0.127. The van der Waals surface area contributed by atoms with Gasteiger partial charge in [0.2, 0.25) is 5.91 Å². The molecular weight excluding hydrogens is 523 g/mol. The quantitative estimate of drug-likeness (QED) is 0.511. The van der Waals surface area contributed by atoms with E-state index in [2.05, 4.69) is 43.8 Å². The molecule has 0 fully saturated rings. The zero-order chi connectivity index (χ0) is 19.8. The van der Waals surface area contributed by atoms with Crippen molar-refractivity contribution in [2.75, 3.05) is 13.2 Å². The first-order chi connectivity index (χ1) is 12.9. The number of rotatable bonds is 8. The van der Waals surface area contributed by atoms with Crippen molar-refractivity contribution < 1.29 is 14.3 Å². The van der Waals surface area contributed by atoms with E-state index in [4.69, 9.17) is 4.74 Å². The number of benzene rings is 2. The minimum atomic E-state index is -0.600. The summed E-state index contributed by atoms with van der Waals surface area (Å²) in [6.45, 7) is 4.29. The molecule has 0 heterocycles. The molecule has 7 heteroatoms. The lowest BCUT2D eigenvalue weighted by Crippen LogP contribution is -2.49. The van der Waals surface area contributed by atoms with Gasteiger partial charge in [0.25, 0.3) is 5.91 Å².